The van der Waals surface area contributed by atoms with Crippen molar-refractivity contribution in [3.63, 3.8) is 0 Å². The maximum Gasteiger partial charge on any atom is 0.165 e. The number of nitrogens with zero attached hydrogens (tertiary/aromatic N) is 1. The van der Waals surface area contributed by atoms with E-state index >= 15 is 0 Å². The topological polar surface area (TPSA) is 39.2 Å². The molecule has 0 aliphatic rings. The third-order valence-electron chi connectivity index (χ3n) is 1.41. The van der Waals surface area contributed by atoms with Crippen LogP contribution in [-0.4, -0.2) is 23.5 Å². The van der Waals surface area contributed by atoms with E-state index in [0.717, 1.165) is 5.01 Å². The molecule has 0 aliphatic heterocycles. The van der Waals surface area contributed by atoms with E-state index in [0.29, 0.717) is 6.42 Å². The first kappa shape index (κ1) is 10.3. The predicted molar refractivity (Wildman–Crippen MR) is 51.9 cm³/mol. The number of ether oxygens (including phenoxy) is 1. The molecule has 0 saturated carbocycles. The van der Waals surface area contributed by atoms with E-state index in [1.54, 1.807) is 6.20 Å². The van der Waals surface area contributed by atoms with Gasteiger partial charge in [-0.15, -0.1) is 11.3 Å². The molecule has 1 aromatic rings. The quantitative estimate of drug-likeness (QED) is 0.724. The number of thiazole rings is 1. The molecule has 1 heterocycles. The van der Waals surface area contributed by atoms with Crippen LogP contribution in [0.3, 0.4) is 0 Å². The fourth-order valence-corrected chi connectivity index (χ4v) is 1.46. The van der Waals surface area contributed by atoms with Crippen molar-refractivity contribution in [3.8, 4) is 0 Å². The summed E-state index contributed by atoms with van der Waals surface area (Å²) in [6.45, 7) is 4.02. The molecule has 13 heavy (non-hydrogen) atoms. The molecule has 1 aromatic heterocycles. The predicted octanol–water partition coefficient (Wildman–Crippen LogP) is 1.68. The zero-order chi connectivity index (χ0) is 9.68. The SMILES string of the molecule is CC(C)OCC(=O)Cc1nccs1. The first-order valence-electron chi connectivity index (χ1n) is 4.20. The van der Waals surface area contributed by atoms with Crippen LogP contribution in [0.2, 0.25) is 0 Å². The highest BCUT2D eigenvalue weighted by molar-refractivity contribution is 7.09. The number of hydrogen-bond acceptors (Lipinski definition) is 4. The summed E-state index contributed by atoms with van der Waals surface area (Å²) in [7, 11) is 0. The molecule has 72 valence electrons. The largest absolute Gasteiger partial charge is 0.371 e. The van der Waals surface area contributed by atoms with Crippen LogP contribution in [0, 0.1) is 0 Å². The Morgan fingerprint density at radius 3 is 3.00 bits per heavy atom. The van der Waals surface area contributed by atoms with E-state index in [2.05, 4.69) is 4.98 Å². The molecular formula is C9H13NO2S. The molecule has 0 unspecified atom stereocenters. The molecule has 0 saturated heterocycles. The highest BCUT2D eigenvalue weighted by atomic mass is 32.1. The summed E-state index contributed by atoms with van der Waals surface area (Å²) in [6.07, 6.45) is 2.21. The van der Waals surface area contributed by atoms with Crippen molar-refractivity contribution in [1.82, 2.24) is 4.98 Å². The molecule has 0 radical (unpaired) electrons. The van der Waals surface area contributed by atoms with Gasteiger partial charge in [-0.25, -0.2) is 4.98 Å². The number of hydrogen-bond donors (Lipinski definition) is 0. The summed E-state index contributed by atoms with van der Waals surface area (Å²) >= 11 is 1.50. The maximum absolute atomic E-state index is 11.3. The second kappa shape index (κ2) is 5.09. The second-order valence-corrected chi connectivity index (χ2v) is 3.98. The van der Waals surface area contributed by atoms with E-state index in [1.807, 2.05) is 19.2 Å². The lowest BCUT2D eigenvalue weighted by atomic mass is 10.3. The van der Waals surface area contributed by atoms with Crippen molar-refractivity contribution in [2.75, 3.05) is 6.61 Å². The molecule has 3 nitrogen and oxygen atoms in total. The van der Waals surface area contributed by atoms with Gasteiger partial charge >= 0.3 is 0 Å². The Bertz CT molecular complexity index is 257. The van der Waals surface area contributed by atoms with Gasteiger partial charge in [0.2, 0.25) is 0 Å². The van der Waals surface area contributed by atoms with Gasteiger partial charge in [-0.2, -0.15) is 0 Å². The summed E-state index contributed by atoms with van der Waals surface area (Å²) < 4.78 is 5.18. The van der Waals surface area contributed by atoms with E-state index in [4.69, 9.17) is 4.74 Å². The van der Waals surface area contributed by atoms with Crippen molar-refractivity contribution in [2.24, 2.45) is 0 Å². The van der Waals surface area contributed by atoms with Gasteiger partial charge in [0.1, 0.15) is 6.61 Å². The molecule has 0 fully saturated rings. The molecule has 1 rings (SSSR count). The van der Waals surface area contributed by atoms with Gasteiger partial charge < -0.3 is 4.74 Å². The lowest BCUT2D eigenvalue weighted by molar-refractivity contribution is -0.124. The number of carbonyl (C=O) groups is 1. The van der Waals surface area contributed by atoms with E-state index < -0.39 is 0 Å². The zero-order valence-electron chi connectivity index (χ0n) is 7.82. The Hall–Kier alpha value is -0.740. The Labute approximate surface area is 81.8 Å². The lowest BCUT2D eigenvalue weighted by Gasteiger charge is -2.04. The van der Waals surface area contributed by atoms with Crippen LogP contribution in [0.1, 0.15) is 18.9 Å². The molecule has 0 amide bonds. The highest BCUT2D eigenvalue weighted by Crippen LogP contribution is 2.05. The maximum atomic E-state index is 11.3. The summed E-state index contributed by atoms with van der Waals surface area (Å²) in [4.78, 5) is 15.3. The fourth-order valence-electron chi connectivity index (χ4n) is 0.820. The van der Waals surface area contributed by atoms with Crippen LogP contribution in [0.5, 0.6) is 0 Å². The van der Waals surface area contributed by atoms with Gasteiger partial charge in [-0.1, -0.05) is 0 Å². The molecule has 0 aliphatic carbocycles. The lowest BCUT2D eigenvalue weighted by Crippen LogP contribution is -2.15. The molecule has 0 aromatic carbocycles. The van der Waals surface area contributed by atoms with Crippen molar-refractivity contribution < 1.29 is 9.53 Å². The van der Waals surface area contributed by atoms with Crippen LogP contribution in [0.15, 0.2) is 11.6 Å². The average molecular weight is 199 g/mol. The van der Waals surface area contributed by atoms with Gasteiger partial charge in [-0.3, -0.25) is 4.79 Å². The summed E-state index contributed by atoms with van der Waals surface area (Å²) in [5.41, 5.74) is 0. The van der Waals surface area contributed by atoms with E-state index in [-0.39, 0.29) is 18.5 Å². The van der Waals surface area contributed by atoms with Crippen molar-refractivity contribution in [2.45, 2.75) is 26.4 Å². The van der Waals surface area contributed by atoms with Gasteiger partial charge in [0.25, 0.3) is 0 Å². The number of aromatic nitrogens is 1. The Morgan fingerprint density at radius 1 is 1.69 bits per heavy atom. The van der Waals surface area contributed by atoms with Crippen LogP contribution in [0.25, 0.3) is 0 Å². The fraction of sp³-hybridized carbons (Fsp3) is 0.556. The van der Waals surface area contributed by atoms with Crippen molar-refractivity contribution in [1.29, 1.82) is 0 Å². The third-order valence-corrected chi connectivity index (χ3v) is 2.19. The van der Waals surface area contributed by atoms with E-state index in [1.165, 1.54) is 11.3 Å². The van der Waals surface area contributed by atoms with Gasteiger partial charge in [0.15, 0.2) is 5.78 Å². The van der Waals surface area contributed by atoms with Gasteiger partial charge in [0, 0.05) is 11.6 Å². The standard InChI is InChI=1S/C9H13NO2S/c1-7(2)12-6-8(11)5-9-10-3-4-13-9/h3-4,7H,5-6H2,1-2H3. The first-order valence-corrected chi connectivity index (χ1v) is 5.08. The monoisotopic (exact) mass is 199 g/mol. The van der Waals surface area contributed by atoms with Gasteiger partial charge in [-0.05, 0) is 13.8 Å². The highest BCUT2D eigenvalue weighted by Gasteiger charge is 2.06. The smallest absolute Gasteiger partial charge is 0.165 e. The molecule has 4 heteroatoms. The zero-order valence-corrected chi connectivity index (χ0v) is 8.63. The minimum Gasteiger partial charge on any atom is -0.371 e. The number of rotatable bonds is 5. The molecule has 0 atom stereocenters. The minimum atomic E-state index is 0.0867. The summed E-state index contributed by atoms with van der Waals surface area (Å²) in [5, 5.41) is 2.73. The molecular weight excluding hydrogens is 186 g/mol. The Balaban J connectivity index is 2.26. The minimum absolute atomic E-state index is 0.0867. The second-order valence-electron chi connectivity index (χ2n) is 3.00. The van der Waals surface area contributed by atoms with Gasteiger partial charge in [0.05, 0.1) is 17.5 Å². The number of carbonyl (C=O) groups excluding carboxylic acids is 1. The van der Waals surface area contributed by atoms with Crippen molar-refractivity contribution in [3.05, 3.63) is 16.6 Å². The summed E-state index contributed by atoms with van der Waals surface area (Å²) in [6, 6.07) is 0. The van der Waals surface area contributed by atoms with E-state index in [9.17, 15) is 4.79 Å². The third kappa shape index (κ3) is 4.15. The molecule has 0 N–H and O–H groups in total. The Kier molecular flexibility index (Phi) is 4.05. The summed E-state index contributed by atoms with van der Waals surface area (Å²) in [5.74, 6) is 0.0867. The normalized spacial score (nSPS) is 10.7. The molecule has 0 bridgehead atoms. The first-order chi connectivity index (χ1) is 6.18. The molecule has 0 spiro atoms. The average Bonchev–Trinajstić information content (AvgIpc) is 2.53. The van der Waals surface area contributed by atoms with Crippen LogP contribution < -0.4 is 0 Å². The van der Waals surface area contributed by atoms with Crippen LogP contribution in [-0.2, 0) is 16.0 Å². The van der Waals surface area contributed by atoms with Crippen molar-refractivity contribution >= 4 is 17.1 Å². The number of Topliss-reactive ketones (excluding diaryl/α,β-unsaturated/α-hetero) is 1. The Morgan fingerprint density at radius 2 is 2.46 bits per heavy atom. The van der Waals surface area contributed by atoms with Crippen LogP contribution in [0.4, 0.5) is 0 Å². The van der Waals surface area contributed by atoms with Crippen LogP contribution >= 0.6 is 11.3 Å². The number of ketones is 1.